The molecule has 3 aromatic rings. The molecule has 5 nitrogen and oxygen atoms in total. The van der Waals surface area contributed by atoms with Gasteiger partial charge in [0.05, 0.1) is 11.9 Å². The molecule has 1 aromatic carbocycles. The van der Waals surface area contributed by atoms with E-state index in [1.165, 1.54) is 11.1 Å². The maximum absolute atomic E-state index is 4.60. The van der Waals surface area contributed by atoms with Crippen LogP contribution in [0.1, 0.15) is 29.4 Å². The molecule has 4 rings (SSSR count). The zero-order valence-electron chi connectivity index (χ0n) is 13.8. The highest BCUT2D eigenvalue weighted by Gasteiger charge is 2.26. The van der Waals surface area contributed by atoms with Crippen LogP contribution < -0.4 is 0 Å². The van der Waals surface area contributed by atoms with Crippen LogP contribution in [-0.2, 0) is 6.54 Å². The molecule has 1 aliphatic heterocycles. The van der Waals surface area contributed by atoms with Gasteiger partial charge >= 0.3 is 0 Å². The molecule has 24 heavy (non-hydrogen) atoms. The van der Waals surface area contributed by atoms with E-state index in [-0.39, 0.29) is 0 Å². The maximum atomic E-state index is 4.60. The van der Waals surface area contributed by atoms with Gasteiger partial charge in [0.1, 0.15) is 5.82 Å². The highest BCUT2D eigenvalue weighted by atomic mass is 15.2. The lowest BCUT2D eigenvalue weighted by atomic mass is 10.1. The van der Waals surface area contributed by atoms with Crippen molar-refractivity contribution in [1.29, 1.82) is 0 Å². The van der Waals surface area contributed by atoms with Gasteiger partial charge in [-0.15, -0.1) is 0 Å². The van der Waals surface area contributed by atoms with E-state index in [9.17, 15) is 0 Å². The zero-order chi connectivity index (χ0) is 16.4. The molecule has 1 aliphatic rings. The van der Waals surface area contributed by atoms with Crippen molar-refractivity contribution in [2.45, 2.75) is 25.8 Å². The lowest BCUT2D eigenvalue weighted by Crippen LogP contribution is -2.20. The van der Waals surface area contributed by atoms with Gasteiger partial charge in [-0.2, -0.15) is 5.10 Å². The first kappa shape index (κ1) is 15.0. The fourth-order valence-electron chi connectivity index (χ4n) is 3.38. The number of aromatic nitrogens is 4. The monoisotopic (exact) mass is 319 g/mol. The van der Waals surface area contributed by atoms with E-state index >= 15 is 0 Å². The van der Waals surface area contributed by atoms with Gasteiger partial charge in [0.25, 0.3) is 0 Å². The molecule has 5 heteroatoms. The Labute approximate surface area is 141 Å². The molecule has 0 bridgehead atoms. The Kier molecular flexibility index (Phi) is 4.09. The summed E-state index contributed by atoms with van der Waals surface area (Å²) in [5.74, 6) is 1.41. The van der Waals surface area contributed by atoms with Crippen molar-refractivity contribution in [2.24, 2.45) is 0 Å². The standard InChI is InChI=1S/C19H21N5/c1-14-7-9-20-19(22-14)16-8-10-24(12-16)13-17-11-21-23-18(17)15-5-3-2-4-6-15/h2-7,9,11,16H,8,10,12-13H2,1H3,(H,21,23). The number of benzene rings is 1. The first-order chi connectivity index (χ1) is 11.8. The number of aromatic amines is 1. The topological polar surface area (TPSA) is 57.7 Å². The number of likely N-dealkylation sites (tertiary alicyclic amines) is 1. The predicted octanol–water partition coefficient (Wildman–Crippen LogP) is 3.16. The van der Waals surface area contributed by atoms with E-state index in [4.69, 9.17) is 0 Å². The summed E-state index contributed by atoms with van der Waals surface area (Å²) in [5.41, 5.74) is 4.58. The Morgan fingerprint density at radius 1 is 1.21 bits per heavy atom. The maximum Gasteiger partial charge on any atom is 0.132 e. The van der Waals surface area contributed by atoms with Crippen molar-refractivity contribution in [3.05, 3.63) is 65.9 Å². The smallest absolute Gasteiger partial charge is 0.132 e. The average molecular weight is 319 g/mol. The van der Waals surface area contributed by atoms with E-state index < -0.39 is 0 Å². The van der Waals surface area contributed by atoms with Crippen molar-refractivity contribution in [3.8, 4) is 11.3 Å². The van der Waals surface area contributed by atoms with E-state index in [0.717, 1.165) is 43.3 Å². The van der Waals surface area contributed by atoms with Gasteiger partial charge in [0.2, 0.25) is 0 Å². The quantitative estimate of drug-likeness (QED) is 0.802. The average Bonchev–Trinajstić information content (AvgIpc) is 3.26. The Morgan fingerprint density at radius 3 is 2.92 bits per heavy atom. The molecule has 1 unspecified atom stereocenters. The molecular formula is C19H21N5. The molecule has 1 saturated heterocycles. The second-order valence-corrected chi connectivity index (χ2v) is 6.41. The van der Waals surface area contributed by atoms with Crippen LogP contribution in [0, 0.1) is 6.92 Å². The Hall–Kier alpha value is -2.53. The van der Waals surface area contributed by atoms with Crippen LogP contribution in [0.25, 0.3) is 11.3 Å². The minimum atomic E-state index is 0.428. The number of H-pyrrole nitrogens is 1. The number of hydrogen-bond donors (Lipinski definition) is 1. The van der Waals surface area contributed by atoms with Crippen LogP contribution in [-0.4, -0.2) is 38.2 Å². The summed E-state index contributed by atoms with van der Waals surface area (Å²) < 4.78 is 0. The van der Waals surface area contributed by atoms with Gasteiger partial charge in [-0.3, -0.25) is 10.00 Å². The molecule has 122 valence electrons. The van der Waals surface area contributed by atoms with E-state index in [2.05, 4.69) is 49.3 Å². The van der Waals surface area contributed by atoms with Gasteiger partial charge in [0.15, 0.2) is 0 Å². The predicted molar refractivity (Wildman–Crippen MR) is 93.4 cm³/mol. The molecule has 1 N–H and O–H groups in total. The SMILES string of the molecule is Cc1ccnc(C2CCN(Cc3cn[nH]c3-c3ccccc3)C2)n1. The fraction of sp³-hybridized carbons (Fsp3) is 0.316. The van der Waals surface area contributed by atoms with E-state index in [1.807, 2.05) is 31.5 Å². The third kappa shape index (κ3) is 3.08. The fourth-order valence-corrected chi connectivity index (χ4v) is 3.38. The number of hydrogen-bond acceptors (Lipinski definition) is 4. The third-order valence-corrected chi connectivity index (χ3v) is 4.63. The van der Waals surface area contributed by atoms with Crippen molar-refractivity contribution >= 4 is 0 Å². The second-order valence-electron chi connectivity index (χ2n) is 6.41. The van der Waals surface area contributed by atoms with Crippen molar-refractivity contribution in [2.75, 3.05) is 13.1 Å². The Balaban J connectivity index is 1.47. The van der Waals surface area contributed by atoms with Crippen LogP contribution in [0.4, 0.5) is 0 Å². The first-order valence-electron chi connectivity index (χ1n) is 8.39. The largest absolute Gasteiger partial charge is 0.298 e. The zero-order valence-corrected chi connectivity index (χ0v) is 13.8. The van der Waals surface area contributed by atoms with Gasteiger partial charge in [-0.25, -0.2) is 9.97 Å². The molecular weight excluding hydrogens is 298 g/mol. The summed E-state index contributed by atoms with van der Waals surface area (Å²) in [6, 6.07) is 12.3. The molecule has 0 radical (unpaired) electrons. The van der Waals surface area contributed by atoms with Crippen LogP contribution in [0.15, 0.2) is 48.8 Å². The summed E-state index contributed by atoms with van der Waals surface area (Å²) in [5, 5.41) is 7.40. The summed E-state index contributed by atoms with van der Waals surface area (Å²) in [4.78, 5) is 11.5. The van der Waals surface area contributed by atoms with Crippen LogP contribution in [0.3, 0.4) is 0 Å². The van der Waals surface area contributed by atoms with Gasteiger partial charge < -0.3 is 0 Å². The van der Waals surface area contributed by atoms with E-state index in [1.54, 1.807) is 0 Å². The van der Waals surface area contributed by atoms with Gasteiger partial charge in [0, 0.05) is 36.5 Å². The minimum Gasteiger partial charge on any atom is -0.298 e. The van der Waals surface area contributed by atoms with Crippen LogP contribution in [0.5, 0.6) is 0 Å². The number of aryl methyl sites for hydroxylation is 1. The molecule has 3 heterocycles. The van der Waals surface area contributed by atoms with Gasteiger partial charge in [-0.1, -0.05) is 30.3 Å². The number of nitrogens with one attached hydrogen (secondary N) is 1. The molecule has 0 spiro atoms. The van der Waals surface area contributed by atoms with Crippen LogP contribution in [0.2, 0.25) is 0 Å². The Bertz CT molecular complexity index is 811. The van der Waals surface area contributed by atoms with Crippen molar-refractivity contribution in [1.82, 2.24) is 25.1 Å². The summed E-state index contributed by atoms with van der Waals surface area (Å²) >= 11 is 0. The molecule has 2 aromatic heterocycles. The van der Waals surface area contributed by atoms with Crippen LogP contribution >= 0.6 is 0 Å². The summed E-state index contributed by atoms with van der Waals surface area (Å²) in [7, 11) is 0. The molecule has 1 atom stereocenters. The number of nitrogens with zero attached hydrogens (tertiary/aromatic N) is 4. The second kappa shape index (κ2) is 6.53. The van der Waals surface area contributed by atoms with Crippen molar-refractivity contribution < 1.29 is 0 Å². The minimum absolute atomic E-state index is 0.428. The molecule has 0 aliphatic carbocycles. The van der Waals surface area contributed by atoms with Crippen molar-refractivity contribution in [3.63, 3.8) is 0 Å². The Morgan fingerprint density at radius 2 is 2.08 bits per heavy atom. The lowest BCUT2D eigenvalue weighted by molar-refractivity contribution is 0.326. The summed E-state index contributed by atoms with van der Waals surface area (Å²) in [6.07, 6.45) is 4.92. The highest BCUT2D eigenvalue weighted by Crippen LogP contribution is 2.28. The summed E-state index contributed by atoms with van der Waals surface area (Å²) in [6.45, 7) is 5.00. The lowest BCUT2D eigenvalue weighted by Gasteiger charge is -2.16. The highest BCUT2D eigenvalue weighted by molar-refractivity contribution is 5.62. The molecule has 0 saturated carbocycles. The third-order valence-electron chi connectivity index (χ3n) is 4.63. The molecule has 0 amide bonds. The molecule has 1 fully saturated rings. The van der Waals surface area contributed by atoms with Gasteiger partial charge in [-0.05, 0) is 31.5 Å². The first-order valence-corrected chi connectivity index (χ1v) is 8.39. The normalized spacial score (nSPS) is 18.1. The van der Waals surface area contributed by atoms with E-state index in [0.29, 0.717) is 5.92 Å². The number of rotatable bonds is 4.